The second-order valence-electron chi connectivity index (χ2n) is 6.99. The third kappa shape index (κ3) is 3.60. The van der Waals surface area contributed by atoms with Gasteiger partial charge in [-0.2, -0.15) is 0 Å². The van der Waals surface area contributed by atoms with Crippen LogP contribution >= 0.6 is 0 Å². The molecular weight excluding hydrogens is 307 g/mol. The number of amides is 2. The van der Waals surface area contributed by atoms with E-state index in [0.717, 1.165) is 25.7 Å². The highest BCUT2D eigenvalue weighted by Crippen LogP contribution is 2.36. The van der Waals surface area contributed by atoms with Crippen LogP contribution in [0.1, 0.15) is 56.6 Å². The Hall–Kier alpha value is -1.91. The van der Waals surface area contributed by atoms with Crippen molar-refractivity contribution >= 4 is 11.8 Å². The second-order valence-corrected chi connectivity index (χ2v) is 6.99. The van der Waals surface area contributed by atoms with Gasteiger partial charge in [-0.1, -0.05) is 31.4 Å². The molecular formula is C19H25FN2O2. The topological polar surface area (TPSA) is 49.4 Å². The van der Waals surface area contributed by atoms with E-state index in [0.29, 0.717) is 18.4 Å². The normalized spacial score (nSPS) is 25.6. The average molecular weight is 332 g/mol. The minimum absolute atomic E-state index is 0.00416. The minimum atomic E-state index is -0.398. The minimum Gasteiger partial charge on any atom is -0.353 e. The maximum atomic E-state index is 13.6. The van der Waals surface area contributed by atoms with Crippen LogP contribution in [-0.4, -0.2) is 29.8 Å². The number of benzene rings is 1. The molecule has 1 aromatic rings. The Morgan fingerprint density at radius 1 is 1.21 bits per heavy atom. The summed E-state index contributed by atoms with van der Waals surface area (Å²) < 4.78 is 13.6. The van der Waals surface area contributed by atoms with Gasteiger partial charge in [0.05, 0.1) is 12.0 Å². The number of hydrogen-bond acceptors (Lipinski definition) is 2. The number of hydrogen-bond donors (Lipinski definition) is 1. The van der Waals surface area contributed by atoms with Gasteiger partial charge in [-0.3, -0.25) is 9.59 Å². The van der Waals surface area contributed by atoms with Gasteiger partial charge in [0.2, 0.25) is 11.8 Å². The summed E-state index contributed by atoms with van der Waals surface area (Å²) in [6.07, 6.45) is 6.48. The molecule has 2 amide bonds. The lowest BCUT2D eigenvalue weighted by Gasteiger charge is -2.39. The fraction of sp³-hybridized carbons (Fsp3) is 0.579. The zero-order chi connectivity index (χ0) is 17.1. The fourth-order valence-corrected chi connectivity index (χ4v) is 4.01. The van der Waals surface area contributed by atoms with Crippen molar-refractivity contribution in [2.24, 2.45) is 5.92 Å². The first-order valence-corrected chi connectivity index (χ1v) is 8.88. The summed E-state index contributed by atoms with van der Waals surface area (Å²) in [4.78, 5) is 26.6. The van der Waals surface area contributed by atoms with Crippen molar-refractivity contribution < 1.29 is 14.0 Å². The molecule has 0 spiro atoms. The smallest absolute Gasteiger partial charge is 0.225 e. The first-order valence-electron chi connectivity index (χ1n) is 8.88. The number of carbonyl (C=O) groups excluding carboxylic acids is 2. The highest BCUT2D eigenvalue weighted by molar-refractivity contribution is 5.85. The summed E-state index contributed by atoms with van der Waals surface area (Å²) >= 11 is 0. The molecule has 1 saturated heterocycles. The van der Waals surface area contributed by atoms with Crippen LogP contribution in [0.4, 0.5) is 4.39 Å². The molecule has 3 rings (SSSR count). The van der Waals surface area contributed by atoms with Crippen LogP contribution in [0.5, 0.6) is 0 Å². The quantitative estimate of drug-likeness (QED) is 0.924. The van der Waals surface area contributed by atoms with E-state index in [9.17, 15) is 14.0 Å². The van der Waals surface area contributed by atoms with Gasteiger partial charge in [-0.05, 0) is 37.0 Å². The predicted molar refractivity (Wildman–Crippen MR) is 89.7 cm³/mol. The molecule has 5 heteroatoms. The molecule has 1 aliphatic heterocycles. The largest absolute Gasteiger partial charge is 0.353 e. The van der Waals surface area contributed by atoms with Crippen molar-refractivity contribution in [3.05, 3.63) is 35.6 Å². The number of rotatable bonds is 3. The lowest BCUT2D eigenvalue weighted by molar-refractivity contribution is -0.142. The van der Waals surface area contributed by atoms with Gasteiger partial charge in [0.25, 0.3) is 0 Å². The second kappa shape index (κ2) is 7.32. The van der Waals surface area contributed by atoms with Gasteiger partial charge in [-0.25, -0.2) is 4.39 Å². The SMILES string of the molecule is CN1C(=O)CCC(C(=O)NC2CCCCC2)C1c1cccc(F)c1. The molecule has 0 bridgehead atoms. The molecule has 1 N–H and O–H groups in total. The molecule has 0 radical (unpaired) electrons. The number of halogens is 1. The van der Waals surface area contributed by atoms with Crippen LogP contribution in [0.2, 0.25) is 0 Å². The molecule has 24 heavy (non-hydrogen) atoms. The van der Waals surface area contributed by atoms with Gasteiger partial charge in [0.1, 0.15) is 5.82 Å². The zero-order valence-corrected chi connectivity index (χ0v) is 14.1. The molecule has 4 nitrogen and oxygen atoms in total. The number of carbonyl (C=O) groups is 2. The summed E-state index contributed by atoms with van der Waals surface area (Å²) in [6, 6.07) is 6.08. The van der Waals surface area contributed by atoms with E-state index in [4.69, 9.17) is 0 Å². The van der Waals surface area contributed by atoms with E-state index in [1.165, 1.54) is 18.6 Å². The fourth-order valence-electron chi connectivity index (χ4n) is 4.01. The van der Waals surface area contributed by atoms with Crippen molar-refractivity contribution in [2.45, 2.75) is 57.0 Å². The Morgan fingerprint density at radius 3 is 2.67 bits per heavy atom. The van der Waals surface area contributed by atoms with Crippen molar-refractivity contribution in [3.8, 4) is 0 Å². The van der Waals surface area contributed by atoms with Crippen LogP contribution in [-0.2, 0) is 9.59 Å². The Labute approximate surface area is 142 Å². The van der Waals surface area contributed by atoms with E-state index in [1.807, 2.05) is 0 Å². The summed E-state index contributed by atoms with van der Waals surface area (Å²) in [7, 11) is 1.71. The molecule has 2 atom stereocenters. The molecule has 1 saturated carbocycles. The number of nitrogens with one attached hydrogen (secondary N) is 1. The molecule has 130 valence electrons. The highest BCUT2D eigenvalue weighted by atomic mass is 19.1. The van der Waals surface area contributed by atoms with Gasteiger partial charge >= 0.3 is 0 Å². The number of likely N-dealkylation sites (tertiary alicyclic amines) is 1. The molecule has 1 aliphatic carbocycles. The molecule has 2 unspecified atom stereocenters. The molecule has 1 aromatic carbocycles. The molecule has 1 heterocycles. The van der Waals surface area contributed by atoms with Crippen LogP contribution in [0.3, 0.4) is 0 Å². The summed E-state index contributed by atoms with van der Waals surface area (Å²) in [5.41, 5.74) is 0.689. The van der Waals surface area contributed by atoms with Crippen molar-refractivity contribution in [2.75, 3.05) is 7.05 Å². The maximum Gasteiger partial charge on any atom is 0.225 e. The Kier molecular flexibility index (Phi) is 5.17. The summed E-state index contributed by atoms with van der Waals surface area (Å²) in [5.74, 6) is -0.664. The Bertz CT molecular complexity index is 613. The van der Waals surface area contributed by atoms with E-state index in [2.05, 4.69) is 5.32 Å². The average Bonchev–Trinajstić information content (AvgIpc) is 2.58. The first kappa shape index (κ1) is 16.9. The third-order valence-corrected chi connectivity index (χ3v) is 5.34. The standard InChI is InChI=1S/C19H25FN2O2/c1-22-17(23)11-10-16(18(22)13-6-5-7-14(20)12-13)19(24)21-15-8-3-2-4-9-15/h5-7,12,15-16,18H,2-4,8-11H2,1H3,(H,21,24). The summed E-state index contributed by atoms with van der Waals surface area (Å²) in [5, 5.41) is 3.17. The Balaban J connectivity index is 1.80. The van der Waals surface area contributed by atoms with E-state index in [-0.39, 0.29) is 29.6 Å². The van der Waals surface area contributed by atoms with E-state index in [1.54, 1.807) is 24.1 Å². The third-order valence-electron chi connectivity index (χ3n) is 5.34. The maximum absolute atomic E-state index is 13.6. The molecule has 0 aromatic heterocycles. The van der Waals surface area contributed by atoms with Gasteiger partial charge in [0.15, 0.2) is 0 Å². The number of nitrogens with zero attached hydrogens (tertiary/aromatic N) is 1. The van der Waals surface area contributed by atoms with Crippen LogP contribution < -0.4 is 5.32 Å². The Morgan fingerprint density at radius 2 is 1.96 bits per heavy atom. The van der Waals surface area contributed by atoms with Crippen molar-refractivity contribution in [3.63, 3.8) is 0 Å². The van der Waals surface area contributed by atoms with Crippen LogP contribution in [0.25, 0.3) is 0 Å². The molecule has 2 fully saturated rings. The monoisotopic (exact) mass is 332 g/mol. The predicted octanol–water partition coefficient (Wildman–Crippen LogP) is 3.18. The van der Waals surface area contributed by atoms with Gasteiger partial charge < -0.3 is 10.2 Å². The van der Waals surface area contributed by atoms with Crippen LogP contribution in [0.15, 0.2) is 24.3 Å². The van der Waals surface area contributed by atoms with Crippen molar-refractivity contribution in [1.82, 2.24) is 10.2 Å². The van der Waals surface area contributed by atoms with E-state index < -0.39 is 6.04 Å². The van der Waals surface area contributed by atoms with Gasteiger partial charge in [-0.15, -0.1) is 0 Å². The molecule has 2 aliphatic rings. The number of piperidine rings is 1. The van der Waals surface area contributed by atoms with Gasteiger partial charge in [0, 0.05) is 19.5 Å². The lowest BCUT2D eigenvalue weighted by Crippen LogP contribution is -2.48. The van der Waals surface area contributed by atoms with Crippen LogP contribution in [0, 0.1) is 11.7 Å². The zero-order valence-electron chi connectivity index (χ0n) is 14.1. The highest BCUT2D eigenvalue weighted by Gasteiger charge is 2.39. The van der Waals surface area contributed by atoms with E-state index >= 15 is 0 Å². The summed E-state index contributed by atoms with van der Waals surface area (Å²) in [6.45, 7) is 0. The first-order chi connectivity index (χ1) is 11.6. The lowest BCUT2D eigenvalue weighted by atomic mass is 9.83. The van der Waals surface area contributed by atoms with Crippen molar-refractivity contribution in [1.29, 1.82) is 0 Å².